The van der Waals surface area contributed by atoms with Crippen molar-refractivity contribution >= 4 is 68.1 Å². The number of pyridine rings is 1. The van der Waals surface area contributed by atoms with Gasteiger partial charge in [0.2, 0.25) is 23.4 Å². The highest BCUT2D eigenvalue weighted by atomic mass is 35.5. The number of rotatable bonds is 12. The van der Waals surface area contributed by atoms with Crippen LogP contribution in [0.5, 0.6) is 17.5 Å². The zero-order valence-corrected chi connectivity index (χ0v) is 67.8. The molecule has 120 heavy (non-hydrogen) atoms. The van der Waals surface area contributed by atoms with Crippen molar-refractivity contribution in [3.05, 3.63) is 249 Å². The number of aromatic nitrogens is 20. The molecule has 20 rings (SSSR count). The minimum atomic E-state index is -0.625. The van der Waals surface area contributed by atoms with Crippen LogP contribution in [0.15, 0.2) is 174 Å². The van der Waals surface area contributed by atoms with Gasteiger partial charge in [0, 0.05) is 85.3 Å². The Balaban J connectivity index is 0.000000112. The van der Waals surface area contributed by atoms with Crippen LogP contribution in [-0.2, 0) is 49.4 Å². The Bertz CT molecular complexity index is 6660. The van der Waals surface area contributed by atoms with Crippen LogP contribution >= 0.6 is 11.6 Å². The Morgan fingerprint density at radius 1 is 0.600 bits per heavy atom. The van der Waals surface area contributed by atoms with Crippen LogP contribution in [-0.4, -0.2) is 177 Å². The summed E-state index contributed by atoms with van der Waals surface area (Å²) < 4.78 is 48.7. The van der Waals surface area contributed by atoms with Crippen molar-refractivity contribution in [2.75, 3.05) is 34.9 Å². The summed E-state index contributed by atoms with van der Waals surface area (Å²) in [4.78, 5) is 73.0. The highest BCUT2D eigenvalue weighted by molar-refractivity contribution is 6.31. The molecule has 4 aliphatic rings. The van der Waals surface area contributed by atoms with E-state index in [-0.39, 0.29) is 42.6 Å². The Kier molecular flexibility index (Phi) is 21.8. The van der Waals surface area contributed by atoms with Gasteiger partial charge in [-0.1, -0.05) is 75.5 Å². The van der Waals surface area contributed by atoms with E-state index in [1.54, 1.807) is 140 Å². The van der Waals surface area contributed by atoms with Crippen molar-refractivity contribution in [3.63, 3.8) is 0 Å². The van der Waals surface area contributed by atoms with Gasteiger partial charge in [-0.3, -0.25) is 28.6 Å². The van der Waals surface area contributed by atoms with Crippen LogP contribution in [0.4, 0.5) is 0 Å². The van der Waals surface area contributed by atoms with Crippen LogP contribution in [0.2, 0.25) is 5.02 Å². The molecule has 606 valence electrons. The van der Waals surface area contributed by atoms with E-state index in [2.05, 4.69) is 81.6 Å². The van der Waals surface area contributed by atoms with E-state index in [1.165, 1.54) is 11.2 Å². The maximum Gasteiger partial charge on any atom is 0.359 e. The van der Waals surface area contributed by atoms with Gasteiger partial charge in [0.05, 0.1) is 120 Å². The van der Waals surface area contributed by atoms with Gasteiger partial charge in [0.25, 0.3) is 17.7 Å². The third kappa shape index (κ3) is 15.7. The van der Waals surface area contributed by atoms with E-state index in [9.17, 15) is 19.2 Å². The topological polar surface area (TPSA) is 359 Å². The molecule has 0 aliphatic carbocycles. The average Bonchev–Trinajstić information content (AvgIpc) is 1.60. The summed E-state index contributed by atoms with van der Waals surface area (Å²) in [6.45, 7) is 13.6. The number of amides is 3. The van der Waals surface area contributed by atoms with Gasteiger partial charge >= 0.3 is 5.97 Å². The zero-order chi connectivity index (χ0) is 83.8. The van der Waals surface area contributed by atoms with Gasteiger partial charge in [-0.15, -0.1) is 42.1 Å². The number of imidazole rings is 3. The lowest BCUT2D eigenvalue weighted by Gasteiger charge is -2.22. The Labute approximate surface area is 689 Å². The fraction of sp³-hybridized carbons (Fsp3) is 0.247. The molecule has 1 atom stereocenters. The highest BCUT2D eigenvalue weighted by Gasteiger charge is 2.39. The first-order chi connectivity index (χ1) is 58.0. The number of aryl methyl sites for hydroxylation is 4. The number of hydrogen-bond donors (Lipinski definition) is 0. The van der Waals surface area contributed by atoms with Gasteiger partial charge in [0.15, 0.2) is 28.4 Å². The summed E-state index contributed by atoms with van der Waals surface area (Å²) >= 11 is 6.01. The molecule has 34 nitrogen and oxygen atoms in total. The Hall–Kier alpha value is -14.9. The molecule has 1 saturated heterocycles. The van der Waals surface area contributed by atoms with Crippen LogP contribution in [0, 0.1) is 33.1 Å². The predicted molar refractivity (Wildman–Crippen MR) is 436 cm³/mol. The summed E-state index contributed by atoms with van der Waals surface area (Å²) in [5.41, 5.74) is 12.8. The van der Waals surface area contributed by atoms with Gasteiger partial charge in [-0.25, -0.2) is 19.7 Å². The van der Waals surface area contributed by atoms with Gasteiger partial charge in [-0.05, 0) is 133 Å². The number of halogens is 1. The first-order valence-corrected chi connectivity index (χ1v) is 38.3. The molecule has 0 N–H and O–H groups in total. The fourth-order valence-corrected chi connectivity index (χ4v) is 14.7. The minimum absolute atomic E-state index is 0.0467. The molecule has 35 heteroatoms. The number of carbonyl (C=O) groups excluding carboxylic acids is 4. The number of benzene rings is 5. The van der Waals surface area contributed by atoms with E-state index < -0.39 is 11.6 Å². The van der Waals surface area contributed by atoms with Crippen molar-refractivity contribution < 1.29 is 51.9 Å². The van der Waals surface area contributed by atoms with Crippen LogP contribution < -0.4 is 14.2 Å². The largest absolute Gasteiger partial charge is 0.497 e. The minimum Gasteiger partial charge on any atom is -0.497 e. The zero-order valence-electron chi connectivity index (χ0n) is 67.1. The maximum atomic E-state index is 12.9. The fourth-order valence-electron chi connectivity index (χ4n) is 14.5. The van der Waals surface area contributed by atoms with E-state index in [4.69, 9.17) is 50.8 Å². The number of carbonyl (C=O) groups is 4. The van der Waals surface area contributed by atoms with Crippen LogP contribution in [0.1, 0.15) is 138 Å². The van der Waals surface area contributed by atoms with Crippen LogP contribution in [0.3, 0.4) is 0 Å². The SMILES string of the molecule is C#Cc1ccc2c(c1)C(=O)N(C)Cc1c(C(=O)OC(C)(C)C)ncn1-2.COCc1ncn2c1CN(C)C(=O)c1cc(Cl)ccc1-2.COc1ccc2c(c1)C(=O)N1CCC[C@H]1c1c(C)ncn1-2.Cc1cc(-c2nnc3c4ccccc4c(OCc4ccccn4)nn23)no1.Cc1cc(-c2nnc3c4ccccc4c(OCc4cn(C)nn4)nn23)no1. The predicted octanol–water partition coefficient (Wildman–Crippen LogP) is 12.3. The monoisotopic (exact) mass is 1630 g/mol. The molecule has 16 aromatic rings. The van der Waals surface area contributed by atoms with Gasteiger partial charge < -0.3 is 56.6 Å². The molecule has 15 heterocycles. The second-order valence-corrected chi connectivity index (χ2v) is 29.9. The first kappa shape index (κ1) is 79.0. The summed E-state index contributed by atoms with van der Waals surface area (Å²) in [7, 11) is 8.50. The lowest BCUT2D eigenvalue weighted by molar-refractivity contribution is 0.00603. The number of nitrogens with zero attached hydrogens (tertiary/aromatic N) is 23. The van der Waals surface area contributed by atoms with Gasteiger partial charge in [-0.2, -0.15) is 9.03 Å². The molecule has 0 radical (unpaired) electrons. The summed E-state index contributed by atoms with van der Waals surface area (Å²) in [5, 5.41) is 46.3. The lowest BCUT2D eigenvalue weighted by Crippen LogP contribution is -2.29. The summed E-state index contributed by atoms with van der Waals surface area (Å²) in [6.07, 6.45) is 16.1. The molecule has 11 aromatic heterocycles. The van der Waals surface area contributed by atoms with E-state index in [0.717, 1.165) is 80.8 Å². The molecule has 0 unspecified atom stereocenters. The Morgan fingerprint density at radius 2 is 1.17 bits per heavy atom. The lowest BCUT2D eigenvalue weighted by atomic mass is 10.1. The number of ether oxygens (including phenoxy) is 5. The smallest absolute Gasteiger partial charge is 0.359 e. The van der Waals surface area contributed by atoms with Crippen LogP contribution in [0.25, 0.3) is 72.9 Å². The Morgan fingerprint density at radius 3 is 1.75 bits per heavy atom. The number of terminal acetylenes is 1. The van der Waals surface area contributed by atoms with Crippen molar-refractivity contribution in [3.8, 4) is 70.0 Å². The second kappa shape index (κ2) is 33.0. The highest BCUT2D eigenvalue weighted by Crippen LogP contribution is 2.41. The maximum absolute atomic E-state index is 12.9. The van der Waals surface area contributed by atoms with E-state index in [1.807, 2.05) is 128 Å². The molecular weight excluding hydrogens is 1550 g/mol. The van der Waals surface area contributed by atoms with Crippen molar-refractivity contribution in [1.29, 1.82) is 0 Å². The summed E-state index contributed by atoms with van der Waals surface area (Å²) in [6, 6.07) is 41.1. The number of hydrogen-bond acceptors (Lipinski definition) is 25. The average molecular weight is 1630 g/mol. The molecule has 5 aromatic carbocycles. The molecule has 3 amide bonds. The van der Waals surface area contributed by atoms with Gasteiger partial charge in [0.1, 0.15) is 48.1 Å². The molecule has 0 saturated carbocycles. The standard InChI is InChI=1S/C19H14N6O2.C19H19N3O3.C17H14N8O2.C16H17N3O2.C14H14ClN3O2/c1-12-10-16(24-27-12)18-22-21-17-14-7-2-3-8-15(14)19(23-25(17)18)26-11-13-6-4-5-9-20-13;1-6-12-7-8-14-13(9-12)17(23)21(5)10-15-16(20-11-22(14)15)18(24)25-19(2,3)4;1-10-7-14(22-27-10)16-20-19-15-12-5-3-4-6-13(12)17(21-25(15)16)26-9-11-8-24(2)23-18-11;1-10-15-14-4-3-7-18(14)16(20)12-8-11(21-2)5-6-13(12)19(15)9-17-10;1-17-6-13-11(7-20-2)16-8-18(13)12-4-3-9(15)5-10(12)14(17)19/h2-10H,11H2,1H3;1,7-9,11H,10H2,2-5H3;3-8H,9H2,1-2H3;5-6,8-9,14H,3-4,7H2,1-2H3;3-5,8H,6-7H2,1-2H3/t;;;14-;/m...0./s1. The van der Waals surface area contributed by atoms with Crippen molar-refractivity contribution in [2.45, 2.75) is 98.9 Å². The third-order valence-electron chi connectivity index (χ3n) is 20.0. The van der Waals surface area contributed by atoms with E-state index in [0.29, 0.717) is 127 Å². The summed E-state index contributed by atoms with van der Waals surface area (Å²) in [5.74, 6) is 5.89. The van der Waals surface area contributed by atoms with Crippen molar-refractivity contribution in [2.24, 2.45) is 7.05 Å². The number of methoxy groups -OCH3 is 2. The molecule has 4 aliphatic heterocycles. The molecule has 0 bridgehead atoms. The quantitative estimate of drug-likeness (QED) is 0.0810. The molecule has 0 spiro atoms. The first-order valence-electron chi connectivity index (χ1n) is 38.0. The van der Waals surface area contributed by atoms with Crippen molar-refractivity contribution in [1.82, 2.24) is 113 Å². The molecule has 1 fully saturated rings. The second-order valence-electron chi connectivity index (χ2n) is 29.5. The van der Waals surface area contributed by atoms with E-state index >= 15 is 0 Å². The number of esters is 1. The normalized spacial score (nSPS) is 13.7. The third-order valence-corrected chi connectivity index (χ3v) is 20.3. The number of fused-ring (bicyclic) bond motifs is 17. The molecular formula is C85H78ClN23O11.